The Morgan fingerprint density at radius 1 is 1.32 bits per heavy atom. The van der Waals surface area contributed by atoms with Crippen LogP contribution >= 0.6 is 0 Å². The molecule has 0 saturated heterocycles. The van der Waals surface area contributed by atoms with Crippen molar-refractivity contribution in [2.75, 3.05) is 0 Å². The Hall–Kier alpha value is -1.93. The fraction of sp³-hybridized carbons (Fsp3) is 0.429. The van der Waals surface area contributed by atoms with Gasteiger partial charge in [0.05, 0.1) is 12.2 Å². The normalized spacial score (nSPS) is 15.2. The maximum atomic E-state index is 13.6. The van der Waals surface area contributed by atoms with Crippen LogP contribution in [0.15, 0.2) is 24.4 Å². The van der Waals surface area contributed by atoms with E-state index in [2.05, 4.69) is 10.3 Å². The summed E-state index contributed by atoms with van der Waals surface area (Å²) in [6.07, 6.45) is 6.55. The molecule has 1 aliphatic rings. The molecule has 0 atom stereocenters. The van der Waals surface area contributed by atoms with Gasteiger partial charge in [-0.1, -0.05) is 24.1 Å². The van der Waals surface area contributed by atoms with Gasteiger partial charge in [0, 0.05) is 11.5 Å². The lowest BCUT2D eigenvalue weighted by atomic mass is 9.80. The topological polar surface area (TPSA) is 80.4 Å². The average molecular weight is 305 g/mol. The molecule has 1 aromatic carbocycles. The van der Waals surface area contributed by atoms with Crippen molar-refractivity contribution >= 4 is 12.6 Å². The molecule has 116 valence electrons. The molecule has 0 amide bonds. The minimum Gasteiger partial charge on any atom is -0.487 e. The molecule has 8 heteroatoms. The predicted octanol–water partition coefficient (Wildman–Crippen LogP) is 0.791. The fourth-order valence-corrected chi connectivity index (χ4v) is 2.69. The molecule has 0 radical (unpaired) electrons. The van der Waals surface area contributed by atoms with Gasteiger partial charge in [-0.25, -0.2) is 9.07 Å². The molecule has 2 N–H and O–H groups in total. The lowest BCUT2D eigenvalue weighted by Gasteiger charge is -2.08. The van der Waals surface area contributed by atoms with Crippen LogP contribution in [0.25, 0.3) is 0 Å². The highest BCUT2D eigenvalue weighted by Crippen LogP contribution is 2.28. The van der Waals surface area contributed by atoms with Gasteiger partial charge in [0.2, 0.25) is 0 Å². The monoisotopic (exact) mass is 305 g/mol. The number of hydrogen-bond donors (Lipinski definition) is 2. The summed E-state index contributed by atoms with van der Waals surface area (Å²) in [4.78, 5) is 0. The Morgan fingerprint density at radius 3 is 2.77 bits per heavy atom. The van der Waals surface area contributed by atoms with Crippen LogP contribution in [0.1, 0.15) is 37.4 Å². The van der Waals surface area contributed by atoms with E-state index in [1.165, 1.54) is 25.0 Å². The summed E-state index contributed by atoms with van der Waals surface area (Å²) in [5, 5.41) is 26.1. The van der Waals surface area contributed by atoms with Crippen molar-refractivity contribution in [3.05, 3.63) is 35.9 Å². The van der Waals surface area contributed by atoms with E-state index >= 15 is 0 Å². The molecule has 6 nitrogen and oxygen atoms in total. The quantitative estimate of drug-likeness (QED) is 0.798. The molecule has 1 fully saturated rings. The van der Waals surface area contributed by atoms with Gasteiger partial charge in [0.15, 0.2) is 0 Å². The molecule has 3 rings (SSSR count). The zero-order valence-electron chi connectivity index (χ0n) is 12.0. The Balaban J connectivity index is 1.61. The van der Waals surface area contributed by atoms with E-state index in [4.69, 9.17) is 14.8 Å². The highest BCUT2D eigenvalue weighted by molar-refractivity contribution is 6.58. The van der Waals surface area contributed by atoms with Crippen molar-refractivity contribution in [2.24, 2.45) is 0 Å². The Bertz CT molecular complexity index is 644. The van der Waals surface area contributed by atoms with Crippen LogP contribution < -0.4 is 10.2 Å². The summed E-state index contributed by atoms with van der Waals surface area (Å²) >= 11 is 0. The molecule has 2 aromatic rings. The average Bonchev–Trinajstić information content (AvgIpc) is 3.16. The third-order valence-corrected chi connectivity index (χ3v) is 3.89. The molecule has 0 bridgehead atoms. The molecule has 0 spiro atoms. The van der Waals surface area contributed by atoms with Crippen LogP contribution in [-0.2, 0) is 6.61 Å². The van der Waals surface area contributed by atoms with E-state index in [0.717, 1.165) is 18.9 Å². The number of hydrogen-bond acceptors (Lipinski definition) is 5. The van der Waals surface area contributed by atoms with Gasteiger partial charge in [-0.3, -0.25) is 0 Å². The van der Waals surface area contributed by atoms with Crippen molar-refractivity contribution in [1.82, 2.24) is 15.0 Å². The fourth-order valence-electron chi connectivity index (χ4n) is 2.69. The maximum absolute atomic E-state index is 13.6. The number of halogens is 1. The zero-order valence-corrected chi connectivity index (χ0v) is 12.0. The van der Waals surface area contributed by atoms with Crippen molar-refractivity contribution in [1.29, 1.82) is 0 Å². The van der Waals surface area contributed by atoms with Crippen molar-refractivity contribution in [3.8, 4) is 5.75 Å². The van der Waals surface area contributed by atoms with E-state index in [0.29, 0.717) is 17.5 Å². The number of rotatable bonds is 5. The molecule has 1 aromatic heterocycles. The Labute approximate surface area is 127 Å². The summed E-state index contributed by atoms with van der Waals surface area (Å²) < 4.78 is 20.9. The van der Waals surface area contributed by atoms with Crippen LogP contribution in [0.3, 0.4) is 0 Å². The molecule has 1 saturated carbocycles. The highest BCUT2D eigenvalue weighted by atomic mass is 19.1. The van der Waals surface area contributed by atoms with E-state index in [-0.39, 0.29) is 12.1 Å². The Kier molecular flexibility index (Phi) is 4.40. The number of benzene rings is 1. The van der Waals surface area contributed by atoms with Gasteiger partial charge >= 0.3 is 7.12 Å². The first-order valence-electron chi connectivity index (χ1n) is 7.32. The number of aromatic nitrogens is 3. The second-order valence-corrected chi connectivity index (χ2v) is 5.47. The molecule has 0 unspecified atom stereocenters. The third-order valence-electron chi connectivity index (χ3n) is 3.89. The van der Waals surface area contributed by atoms with Crippen LogP contribution in [0, 0.1) is 5.82 Å². The van der Waals surface area contributed by atoms with Crippen LogP contribution in [0.2, 0.25) is 0 Å². The minimum absolute atomic E-state index is 0.181. The van der Waals surface area contributed by atoms with Gasteiger partial charge < -0.3 is 14.8 Å². The van der Waals surface area contributed by atoms with Gasteiger partial charge in [-0.05, 0) is 18.9 Å². The first kappa shape index (κ1) is 15.0. The lowest BCUT2D eigenvalue weighted by Crippen LogP contribution is -2.32. The Morgan fingerprint density at radius 2 is 2.09 bits per heavy atom. The highest BCUT2D eigenvalue weighted by Gasteiger charge is 2.19. The zero-order chi connectivity index (χ0) is 15.5. The first-order chi connectivity index (χ1) is 10.6. The van der Waals surface area contributed by atoms with Crippen molar-refractivity contribution in [3.63, 3.8) is 0 Å². The summed E-state index contributed by atoms with van der Waals surface area (Å²) in [6, 6.07) is 4.31. The third kappa shape index (κ3) is 3.28. The number of ether oxygens (including phenoxy) is 1. The van der Waals surface area contributed by atoms with Gasteiger partial charge in [-0.15, -0.1) is 5.10 Å². The smallest absolute Gasteiger partial charge is 0.487 e. The second kappa shape index (κ2) is 6.45. The van der Waals surface area contributed by atoms with Crippen LogP contribution in [-0.4, -0.2) is 32.2 Å². The molecular weight excluding hydrogens is 288 g/mol. The minimum atomic E-state index is -1.83. The summed E-state index contributed by atoms with van der Waals surface area (Å²) in [5.74, 6) is -0.417. The van der Waals surface area contributed by atoms with Crippen molar-refractivity contribution in [2.45, 2.75) is 38.3 Å². The summed E-state index contributed by atoms with van der Waals surface area (Å²) in [6.45, 7) is 0.188. The van der Waals surface area contributed by atoms with E-state index in [1.54, 1.807) is 0 Å². The van der Waals surface area contributed by atoms with Gasteiger partial charge in [-0.2, -0.15) is 0 Å². The molecule has 1 heterocycles. The number of nitrogens with zero attached hydrogens (tertiary/aromatic N) is 3. The molecule has 0 aliphatic heterocycles. The van der Waals surface area contributed by atoms with E-state index in [9.17, 15) is 4.39 Å². The molecule has 1 aliphatic carbocycles. The lowest BCUT2D eigenvalue weighted by molar-refractivity contribution is 0.299. The van der Waals surface area contributed by atoms with E-state index in [1.807, 2.05) is 10.9 Å². The SMILES string of the molecule is OB(O)c1ccc(OCc2cn(C3CCCC3)nn2)cc1F. The van der Waals surface area contributed by atoms with Gasteiger partial charge in [0.25, 0.3) is 0 Å². The molecular formula is C14H17BFN3O3. The summed E-state index contributed by atoms with van der Waals surface area (Å²) in [7, 11) is -1.83. The van der Waals surface area contributed by atoms with E-state index < -0.39 is 12.9 Å². The van der Waals surface area contributed by atoms with Crippen LogP contribution in [0.5, 0.6) is 5.75 Å². The van der Waals surface area contributed by atoms with Crippen LogP contribution in [0.4, 0.5) is 4.39 Å². The first-order valence-corrected chi connectivity index (χ1v) is 7.32. The maximum Gasteiger partial charge on any atom is 0.491 e. The standard InChI is InChI=1S/C14H17BFN3O3/c16-14-7-12(5-6-13(14)15(20)21)22-9-10-8-19(18-17-10)11-3-1-2-4-11/h5-8,11,20-21H,1-4,9H2. The molecule has 22 heavy (non-hydrogen) atoms. The van der Waals surface area contributed by atoms with Gasteiger partial charge in [0.1, 0.15) is 23.9 Å². The summed E-state index contributed by atoms with van der Waals surface area (Å²) in [5.41, 5.74) is 0.498. The predicted molar refractivity (Wildman–Crippen MR) is 78.1 cm³/mol. The largest absolute Gasteiger partial charge is 0.491 e. The van der Waals surface area contributed by atoms with Crippen molar-refractivity contribution < 1.29 is 19.2 Å². The second-order valence-electron chi connectivity index (χ2n) is 5.47.